The van der Waals surface area contributed by atoms with Gasteiger partial charge in [0.05, 0.1) is 0 Å². The third kappa shape index (κ3) is 4.27. The summed E-state index contributed by atoms with van der Waals surface area (Å²) in [7, 11) is 0. The predicted octanol–water partition coefficient (Wildman–Crippen LogP) is 4.80. The Balaban J connectivity index is 1.85. The minimum absolute atomic E-state index is 0.273. The van der Waals surface area contributed by atoms with Gasteiger partial charge < -0.3 is 10.6 Å². The number of aryl methyl sites for hydroxylation is 1. The molecule has 0 spiro atoms. The Morgan fingerprint density at radius 2 is 1.92 bits per heavy atom. The first kappa shape index (κ1) is 16.8. The lowest BCUT2D eigenvalue weighted by atomic mass is 9.97. The molecule has 1 aliphatic heterocycles. The highest BCUT2D eigenvalue weighted by Gasteiger charge is 2.10. The fourth-order valence-corrected chi connectivity index (χ4v) is 2.74. The average molecular weight is 332 g/mol. The fraction of sp³-hybridized carbons (Fsp3) is 0.0909. The molecule has 126 valence electrons. The van der Waals surface area contributed by atoms with Crippen molar-refractivity contribution in [3.63, 3.8) is 0 Å². The van der Waals surface area contributed by atoms with Crippen LogP contribution in [0.15, 0.2) is 85.4 Å². The van der Waals surface area contributed by atoms with Crippen molar-refractivity contribution in [2.75, 3.05) is 0 Å². The SMILES string of the molecule is C=C1C=C(NC(=C)c2cc(F)ccc2Cc2ccc(C)cc2)C=CN1. The largest absolute Gasteiger partial charge is 0.362 e. The second kappa shape index (κ2) is 7.22. The summed E-state index contributed by atoms with van der Waals surface area (Å²) in [6, 6.07) is 13.2. The molecule has 25 heavy (non-hydrogen) atoms. The van der Waals surface area contributed by atoms with E-state index in [9.17, 15) is 4.39 Å². The molecule has 2 N–H and O–H groups in total. The average Bonchev–Trinajstić information content (AvgIpc) is 2.58. The molecule has 0 saturated heterocycles. The maximum absolute atomic E-state index is 13.8. The standard InChI is InChI=1S/C22H21FN2/c1-15-4-6-18(7-5-15)13-19-8-9-20(23)14-22(19)17(3)25-21-10-11-24-16(2)12-21/h4-12,14,24-25H,2-3,13H2,1H3. The summed E-state index contributed by atoms with van der Waals surface area (Å²) < 4.78 is 13.8. The second-order valence-corrected chi connectivity index (χ2v) is 6.17. The van der Waals surface area contributed by atoms with E-state index in [0.717, 1.165) is 28.9 Å². The Kier molecular flexibility index (Phi) is 4.85. The first-order valence-electron chi connectivity index (χ1n) is 8.15. The zero-order chi connectivity index (χ0) is 17.8. The lowest BCUT2D eigenvalue weighted by molar-refractivity contribution is 0.626. The van der Waals surface area contributed by atoms with Gasteiger partial charge in [0.15, 0.2) is 0 Å². The number of halogens is 1. The number of hydrogen-bond acceptors (Lipinski definition) is 2. The molecule has 0 saturated carbocycles. The highest BCUT2D eigenvalue weighted by atomic mass is 19.1. The summed E-state index contributed by atoms with van der Waals surface area (Å²) in [5.41, 5.74) is 6.52. The Labute approximate surface area is 148 Å². The van der Waals surface area contributed by atoms with Gasteiger partial charge in [0, 0.05) is 28.9 Å². The minimum Gasteiger partial charge on any atom is -0.362 e. The molecule has 2 nitrogen and oxygen atoms in total. The Bertz CT molecular complexity index is 873. The van der Waals surface area contributed by atoms with Crippen molar-refractivity contribution >= 4 is 5.70 Å². The number of dihydropyridines is 1. The molecule has 3 heteroatoms. The number of rotatable bonds is 5. The van der Waals surface area contributed by atoms with Crippen LogP contribution < -0.4 is 10.6 Å². The molecular formula is C22H21FN2. The van der Waals surface area contributed by atoms with E-state index in [-0.39, 0.29) is 5.82 Å². The van der Waals surface area contributed by atoms with Gasteiger partial charge >= 0.3 is 0 Å². The van der Waals surface area contributed by atoms with Crippen LogP contribution in [0.2, 0.25) is 0 Å². The fourth-order valence-electron chi connectivity index (χ4n) is 2.74. The zero-order valence-corrected chi connectivity index (χ0v) is 14.3. The van der Waals surface area contributed by atoms with Gasteiger partial charge in [0.2, 0.25) is 0 Å². The van der Waals surface area contributed by atoms with Crippen molar-refractivity contribution in [2.45, 2.75) is 13.3 Å². The molecule has 3 rings (SSSR count). The van der Waals surface area contributed by atoms with E-state index in [0.29, 0.717) is 5.70 Å². The van der Waals surface area contributed by atoms with Crippen molar-refractivity contribution in [3.8, 4) is 0 Å². The van der Waals surface area contributed by atoms with Crippen molar-refractivity contribution in [1.29, 1.82) is 0 Å². The number of hydrogen-bond donors (Lipinski definition) is 2. The summed E-state index contributed by atoms with van der Waals surface area (Å²) in [4.78, 5) is 0. The topological polar surface area (TPSA) is 24.1 Å². The summed E-state index contributed by atoms with van der Waals surface area (Å²) >= 11 is 0. The van der Waals surface area contributed by atoms with Gasteiger partial charge in [-0.1, -0.05) is 49.1 Å². The molecule has 0 radical (unpaired) electrons. The van der Waals surface area contributed by atoms with Crippen LogP contribution in [0.3, 0.4) is 0 Å². The van der Waals surface area contributed by atoms with Crippen molar-refractivity contribution < 1.29 is 4.39 Å². The minimum atomic E-state index is -0.273. The van der Waals surface area contributed by atoms with Gasteiger partial charge in [-0.05, 0) is 48.8 Å². The van der Waals surface area contributed by atoms with Crippen LogP contribution in [0.4, 0.5) is 4.39 Å². The van der Waals surface area contributed by atoms with Crippen LogP contribution in [0.25, 0.3) is 5.70 Å². The Morgan fingerprint density at radius 3 is 2.64 bits per heavy atom. The van der Waals surface area contributed by atoms with E-state index in [4.69, 9.17) is 0 Å². The van der Waals surface area contributed by atoms with E-state index < -0.39 is 0 Å². The first-order chi connectivity index (χ1) is 12.0. The van der Waals surface area contributed by atoms with Crippen molar-refractivity contribution in [3.05, 3.63) is 113 Å². The monoisotopic (exact) mass is 332 g/mol. The van der Waals surface area contributed by atoms with Gasteiger partial charge in [-0.25, -0.2) is 4.39 Å². The van der Waals surface area contributed by atoms with Crippen LogP contribution in [-0.2, 0) is 6.42 Å². The molecule has 1 aliphatic rings. The van der Waals surface area contributed by atoms with Crippen LogP contribution in [0.5, 0.6) is 0 Å². The molecule has 0 amide bonds. The van der Waals surface area contributed by atoms with Crippen LogP contribution in [-0.4, -0.2) is 0 Å². The van der Waals surface area contributed by atoms with E-state index >= 15 is 0 Å². The number of allylic oxidation sites excluding steroid dienone is 2. The number of nitrogens with one attached hydrogen (secondary N) is 2. The van der Waals surface area contributed by atoms with Crippen LogP contribution in [0, 0.1) is 12.7 Å². The third-order valence-corrected chi connectivity index (χ3v) is 4.07. The Morgan fingerprint density at radius 1 is 1.16 bits per heavy atom. The van der Waals surface area contributed by atoms with Gasteiger partial charge in [-0.3, -0.25) is 0 Å². The van der Waals surface area contributed by atoms with E-state index in [1.165, 1.54) is 23.3 Å². The van der Waals surface area contributed by atoms with E-state index in [1.807, 2.05) is 18.2 Å². The summed E-state index contributed by atoms with van der Waals surface area (Å²) in [6.07, 6.45) is 6.29. The quantitative estimate of drug-likeness (QED) is 0.822. The molecule has 0 fully saturated rings. The van der Waals surface area contributed by atoms with Gasteiger partial charge in [0.1, 0.15) is 5.82 Å². The molecule has 2 aromatic rings. The molecular weight excluding hydrogens is 311 g/mol. The molecule has 2 aromatic carbocycles. The highest BCUT2D eigenvalue weighted by Crippen LogP contribution is 2.22. The molecule has 0 atom stereocenters. The Hall–Kier alpha value is -3.07. The third-order valence-electron chi connectivity index (χ3n) is 4.07. The van der Waals surface area contributed by atoms with E-state index in [1.54, 1.807) is 6.20 Å². The van der Waals surface area contributed by atoms with Crippen LogP contribution in [0.1, 0.15) is 22.3 Å². The first-order valence-corrected chi connectivity index (χ1v) is 8.15. The van der Waals surface area contributed by atoms with Crippen molar-refractivity contribution in [2.24, 2.45) is 0 Å². The predicted molar refractivity (Wildman–Crippen MR) is 102 cm³/mol. The molecule has 1 heterocycles. The van der Waals surface area contributed by atoms with Crippen LogP contribution >= 0.6 is 0 Å². The van der Waals surface area contributed by atoms with Gasteiger partial charge in [-0.2, -0.15) is 0 Å². The summed E-state index contributed by atoms with van der Waals surface area (Å²) in [5, 5.41) is 6.24. The molecule has 0 unspecified atom stereocenters. The van der Waals surface area contributed by atoms with E-state index in [2.05, 4.69) is 55.0 Å². The molecule has 0 aromatic heterocycles. The zero-order valence-electron chi connectivity index (χ0n) is 14.3. The molecule has 0 aliphatic carbocycles. The summed E-state index contributed by atoms with van der Waals surface area (Å²) in [5.74, 6) is -0.273. The second-order valence-electron chi connectivity index (χ2n) is 6.17. The maximum atomic E-state index is 13.8. The number of benzene rings is 2. The van der Waals surface area contributed by atoms with Gasteiger partial charge in [-0.15, -0.1) is 0 Å². The lowest BCUT2D eigenvalue weighted by Crippen LogP contribution is -2.16. The summed E-state index contributed by atoms with van der Waals surface area (Å²) in [6.45, 7) is 10.0. The van der Waals surface area contributed by atoms with Gasteiger partial charge in [0.25, 0.3) is 0 Å². The highest BCUT2D eigenvalue weighted by molar-refractivity contribution is 5.67. The normalized spacial score (nSPS) is 13.2. The molecule has 0 bridgehead atoms. The maximum Gasteiger partial charge on any atom is 0.123 e. The smallest absolute Gasteiger partial charge is 0.123 e. The van der Waals surface area contributed by atoms with Crippen molar-refractivity contribution in [1.82, 2.24) is 10.6 Å². The lowest BCUT2D eigenvalue weighted by Gasteiger charge is -2.17.